The van der Waals surface area contributed by atoms with Crippen LogP contribution < -0.4 is 5.32 Å². The van der Waals surface area contributed by atoms with Gasteiger partial charge in [0.05, 0.1) is 23.4 Å². The summed E-state index contributed by atoms with van der Waals surface area (Å²) < 4.78 is 4.66. The van der Waals surface area contributed by atoms with Crippen molar-refractivity contribution in [1.82, 2.24) is 0 Å². The molecule has 0 bridgehead atoms. The van der Waals surface area contributed by atoms with Crippen LogP contribution in [0, 0.1) is 6.92 Å². The van der Waals surface area contributed by atoms with E-state index in [-0.39, 0.29) is 5.97 Å². The fourth-order valence-corrected chi connectivity index (χ4v) is 2.03. The van der Waals surface area contributed by atoms with E-state index in [1.165, 1.54) is 7.11 Å². The number of esters is 1. The molecule has 1 N–H and O–H groups in total. The largest absolute Gasteiger partial charge is 0.465 e. The van der Waals surface area contributed by atoms with E-state index in [0.29, 0.717) is 17.1 Å². The molecule has 4 heteroatoms. The van der Waals surface area contributed by atoms with Crippen molar-refractivity contribution in [3.63, 3.8) is 0 Å². The van der Waals surface area contributed by atoms with Gasteiger partial charge < -0.3 is 10.1 Å². The number of carbonyl (C=O) groups is 1. The maximum absolute atomic E-state index is 11.3. The Hall–Kier alpha value is -2.00. The van der Waals surface area contributed by atoms with E-state index in [1.54, 1.807) is 12.1 Å². The van der Waals surface area contributed by atoms with Crippen molar-refractivity contribution >= 4 is 23.3 Å². The Morgan fingerprint density at radius 3 is 2.55 bits per heavy atom. The van der Waals surface area contributed by atoms with Gasteiger partial charge in [-0.3, -0.25) is 0 Å². The van der Waals surface area contributed by atoms with Gasteiger partial charge in [-0.1, -0.05) is 29.8 Å². The second-order valence-corrected chi connectivity index (χ2v) is 4.93. The van der Waals surface area contributed by atoms with Crippen molar-refractivity contribution < 1.29 is 9.53 Å². The monoisotopic (exact) mass is 289 g/mol. The van der Waals surface area contributed by atoms with Crippen molar-refractivity contribution in [3.05, 3.63) is 64.2 Å². The molecule has 2 aromatic carbocycles. The molecule has 0 saturated carbocycles. The number of halogens is 1. The second-order valence-electron chi connectivity index (χ2n) is 4.53. The topological polar surface area (TPSA) is 38.3 Å². The summed E-state index contributed by atoms with van der Waals surface area (Å²) in [6, 6.07) is 13.1. The summed E-state index contributed by atoms with van der Waals surface area (Å²) >= 11 is 6.12. The maximum atomic E-state index is 11.3. The van der Waals surface area contributed by atoms with E-state index in [0.717, 1.165) is 16.8 Å². The zero-order chi connectivity index (χ0) is 14.5. The van der Waals surface area contributed by atoms with Crippen LogP contribution in [0.2, 0.25) is 5.02 Å². The van der Waals surface area contributed by atoms with Gasteiger partial charge in [0, 0.05) is 6.54 Å². The summed E-state index contributed by atoms with van der Waals surface area (Å²) in [5.74, 6) is -0.328. The van der Waals surface area contributed by atoms with E-state index < -0.39 is 0 Å². The number of methoxy groups -OCH3 is 1. The normalized spacial score (nSPS) is 10.2. The predicted molar refractivity (Wildman–Crippen MR) is 81.3 cm³/mol. The number of benzene rings is 2. The van der Waals surface area contributed by atoms with Gasteiger partial charge >= 0.3 is 5.97 Å². The molecular weight excluding hydrogens is 274 g/mol. The highest BCUT2D eigenvalue weighted by Crippen LogP contribution is 2.23. The standard InChI is InChI=1S/C16H16ClNO2/c1-11-3-8-14(17)15(9-11)18-10-12-4-6-13(7-5-12)16(19)20-2/h3-9,18H,10H2,1-2H3. The third kappa shape index (κ3) is 3.52. The number of hydrogen-bond donors (Lipinski definition) is 1. The van der Waals surface area contributed by atoms with E-state index in [2.05, 4.69) is 10.1 Å². The fourth-order valence-electron chi connectivity index (χ4n) is 1.85. The van der Waals surface area contributed by atoms with Crippen LogP contribution in [-0.2, 0) is 11.3 Å². The van der Waals surface area contributed by atoms with Gasteiger partial charge in [0.25, 0.3) is 0 Å². The highest BCUT2D eigenvalue weighted by Gasteiger charge is 2.05. The van der Waals surface area contributed by atoms with Gasteiger partial charge in [-0.05, 0) is 42.3 Å². The minimum atomic E-state index is -0.328. The Bertz CT molecular complexity index is 608. The van der Waals surface area contributed by atoms with Gasteiger partial charge in [0.15, 0.2) is 0 Å². The number of rotatable bonds is 4. The number of aryl methyl sites for hydroxylation is 1. The number of anilines is 1. The first-order valence-corrected chi connectivity index (χ1v) is 6.65. The molecule has 0 unspecified atom stereocenters. The van der Waals surface area contributed by atoms with Gasteiger partial charge in [-0.15, -0.1) is 0 Å². The zero-order valence-corrected chi connectivity index (χ0v) is 12.2. The highest BCUT2D eigenvalue weighted by molar-refractivity contribution is 6.33. The van der Waals surface area contributed by atoms with E-state index in [1.807, 2.05) is 37.3 Å². The van der Waals surface area contributed by atoms with Crippen LogP contribution in [0.1, 0.15) is 21.5 Å². The minimum Gasteiger partial charge on any atom is -0.465 e. The molecule has 20 heavy (non-hydrogen) atoms. The third-order valence-electron chi connectivity index (χ3n) is 2.98. The third-order valence-corrected chi connectivity index (χ3v) is 3.31. The van der Waals surface area contributed by atoms with Crippen LogP contribution >= 0.6 is 11.6 Å². The Kier molecular flexibility index (Phi) is 4.64. The summed E-state index contributed by atoms with van der Waals surface area (Å²) in [5.41, 5.74) is 3.67. The van der Waals surface area contributed by atoms with Gasteiger partial charge in [-0.25, -0.2) is 4.79 Å². The summed E-state index contributed by atoms with van der Waals surface area (Å²) in [5, 5.41) is 3.98. The predicted octanol–water partition coefficient (Wildman–Crippen LogP) is 4.05. The molecule has 0 amide bonds. The van der Waals surface area contributed by atoms with Gasteiger partial charge in [0.2, 0.25) is 0 Å². The Morgan fingerprint density at radius 2 is 1.90 bits per heavy atom. The molecule has 0 saturated heterocycles. The molecule has 0 aliphatic carbocycles. The molecule has 3 nitrogen and oxygen atoms in total. The Labute approximate surface area is 123 Å². The molecule has 0 spiro atoms. The quantitative estimate of drug-likeness (QED) is 0.863. The molecule has 0 aliphatic heterocycles. The Balaban J connectivity index is 2.04. The van der Waals surface area contributed by atoms with Crippen molar-refractivity contribution in [2.24, 2.45) is 0 Å². The fraction of sp³-hybridized carbons (Fsp3) is 0.188. The molecule has 0 radical (unpaired) electrons. The van der Waals surface area contributed by atoms with E-state index in [9.17, 15) is 4.79 Å². The highest BCUT2D eigenvalue weighted by atomic mass is 35.5. The molecule has 0 heterocycles. The van der Waals surface area contributed by atoms with Crippen molar-refractivity contribution in [1.29, 1.82) is 0 Å². The van der Waals surface area contributed by atoms with Crippen molar-refractivity contribution in [2.75, 3.05) is 12.4 Å². The van der Waals surface area contributed by atoms with Crippen molar-refractivity contribution in [3.8, 4) is 0 Å². The maximum Gasteiger partial charge on any atom is 0.337 e. The number of hydrogen-bond acceptors (Lipinski definition) is 3. The summed E-state index contributed by atoms with van der Waals surface area (Å²) in [7, 11) is 1.37. The average Bonchev–Trinajstić information content (AvgIpc) is 2.48. The van der Waals surface area contributed by atoms with Crippen LogP contribution in [0.25, 0.3) is 0 Å². The first-order valence-electron chi connectivity index (χ1n) is 6.27. The Morgan fingerprint density at radius 1 is 1.20 bits per heavy atom. The van der Waals surface area contributed by atoms with E-state index >= 15 is 0 Å². The minimum absolute atomic E-state index is 0.328. The molecule has 0 atom stereocenters. The molecule has 104 valence electrons. The molecular formula is C16H16ClNO2. The van der Waals surface area contributed by atoms with Crippen LogP contribution in [0.5, 0.6) is 0 Å². The SMILES string of the molecule is COC(=O)c1ccc(CNc2cc(C)ccc2Cl)cc1. The summed E-state index contributed by atoms with van der Waals surface area (Å²) in [4.78, 5) is 11.3. The number of ether oxygens (including phenoxy) is 1. The lowest BCUT2D eigenvalue weighted by molar-refractivity contribution is 0.0600. The molecule has 0 aliphatic rings. The summed E-state index contributed by atoms with van der Waals surface area (Å²) in [6.07, 6.45) is 0. The first-order chi connectivity index (χ1) is 9.60. The first kappa shape index (κ1) is 14.4. The van der Waals surface area contributed by atoms with Gasteiger partial charge in [0.1, 0.15) is 0 Å². The molecule has 0 aromatic heterocycles. The molecule has 2 rings (SSSR count). The van der Waals surface area contributed by atoms with Crippen LogP contribution in [0.4, 0.5) is 5.69 Å². The van der Waals surface area contributed by atoms with Crippen LogP contribution in [0.3, 0.4) is 0 Å². The number of nitrogens with one attached hydrogen (secondary N) is 1. The lowest BCUT2D eigenvalue weighted by Gasteiger charge is -2.09. The van der Waals surface area contributed by atoms with Gasteiger partial charge in [-0.2, -0.15) is 0 Å². The zero-order valence-electron chi connectivity index (χ0n) is 11.4. The lowest BCUT2D eigenvalue weighted by Crippen LogP contribution is -2.03. The van der Waals surface area contributed by atoms with Crippen molar-refractivity contribution in [2.45, 2.75) is 13.5 Å². The number of carbonyl (C=O) groups excluding carboxylic acids is 1. The van der Waals surface area contributed by atoms with Crippen LogP contribution in [0.15, 0.2) is 42.5 Å². The average molecular weight is 290 g/mol. The van der Waals surface area contributed by atoms with Crippen LogP contribution in [-0.4, -0.2) is 13.1 Å². The lowest BCUT2D eigenvalue weighted by atomic mass is 10.1. The molecule has 0 fully saturated rings. The molecule has 2 aromatic rings. The second kappa shape index (κ2) is 6.44. The van der Waals surface area contributed by atoms with E-state index in [4.69, 9.17) is 11.6 Å². The smallest absolute Gasteiger partial charge is 0.337 e. The summed E-state index contributed by atoms with van der Waals surface area (Å²) in [6.45, 7) is 2.66.